The fraction of sp³-hybridized carbons (Fsp3) is 0.200. The van der Waals surface area contributed by atoms with Gasteiger partial charge >= 0.3 is 0 Å². The first-order chi connectivity index (χ1) is 12.6. The molecule has 1 aliphatic rings. The molecule has 3 aromatic rings. The summed E-state index contributed by atoms with van der Waals surface area (Å²) < 4.78 is 0. The van der Waals surface area contributed by atoms with E-state index in [0.29, 0.717) is 11.3 Å². The number of H-pyrrole nitrogens is 1. The molecule has 0 amide bonds. The van der Waals surface area contributed by atoms with Crippen molar-refractivity contribution in [3.63, 3.8) is 0 Å². The highest BCUT2D eigenvalue weighted by Crippen LogP contribution is 2.30. The number of aromatic amines is 1. The predicted octanol–water partition coefficient (Wildman–Crippen LogP) is 3.61. The highest BCUT2D eigenvalue weighted by molar-refractivity contribution is 5.95. The van der Waals surface area contributed by atoms with Gasteiger partial charge in [0.1, 0.15) is 5.65 Å². The number of pyridine rings is 1. The molecule has 0 radical (unpaired) electrons. The van der Waals surface area contributed by atoms with Crippen molar-refractivity contribution in [1.82, 2.24) is 14.9 Å². The molecule has 26 heavy (non-hydrogen) atoms. The molecule has 6 nitrogen and oxygen atoms in total. The summed E-state index contributed by atoms with van der Waals surface area (Å²) in [5.41, 5.74) is 12.4. The minimum Gasteiger partial charge on any atom is -0.398 e. The Balaban J connectivity index is 1.69. The number of likely N-dealkylation sites (N-methyl/N-ethyl adjacent to an activating group) is 1. The van der Waals surface area contributed by atoms with E-state index >= 15 is 0 Å². The van der Waals surface area contributed by atoms with Gasteiger partial charge in [-0.1, -0.05) is 6.08 Å². The Morgan fingerprint density at radius 1 is 1.31 bits per heavy atom. The number of rotatable bonds is 4. The van der Waals surface area contributed by atoms with E-state index in [9.17, 15) is 0 Å². The average molecular weight is 346 g/mol. The summed E-state index contributed by atoms with van der Waals surface area (Å²) in [6.07, 6.45) is 6.37. The third-order valence-electron chi connectivity index (χ3n) is 4.81. The van der Waals surface area contributed by atoms with E-state index in [1.54, 1.807) is 6.20 Å². The number of hydrogen-bond acceptors (Lipinski definition) is 5. The fourth-order valence-corrected chi connectivity index (χ4v) is 3.26. The largest absolute Gasteiger partial charge is 0.398 e. The standard InChI is InChI=1S/C20H22N6/c1-26-8-5-13(6-9-26)19-11-16-18(4-7-23-20(16)25-19)24-15-2-3-17(22)14(10-15)12-21/h2-5,7,10-12,21H,6,8-9,22H2,1H3,(H2,23,24,25). The van der Waals surface area contributed by atoms with Gasteiger partial charge in [0.2, 0.25) is 0 Å². The molecule has 1 aliphatic heterocycles. The molecular weight excluding hydrogens is 324 g/mol. The summed E-state index contributed by atoms with van der Waals surface area (Å²) >= 11 is 0. The molecule has 0 bridgehead atoms. The third kappa shape index (κ3) is 3.07. The Labute approximate surface area is 152 Å². The van der Waals surface area contributed by atoms with Crippen molar-refractivity contribution >= 4 is 39.9 Å². The number of nitrogens with one attached hydrogen (secondary N) is 3. The van der Waals surface area contributed by atoms with Crippen LogP contribution in [-0.4, -0.2) is 41.2 Å². The summed E-state index contributed by atoms with van der Waals surface area (Å²) in [6, 6.07) is 9.73. The fourth-order valence-electron chi connectivity index (χ4n) is 3.26. The molecule has 132 valence electrons. The second-order valence-corrected chi connectivity index (χ2v) is 6.66. The van der Waals surface area contributed by atoms with Crippen LogP contribution in [0.2, 0.25) is 0 Å². The van der Waals surface area contributed by atoms with E-state index < -0.39 is 0 Å². The van der Waals surface area contributed by atoms with Gasteiger partial charge in [0.25, 0.3) is 0 Å². The van der Waals surface area contributed by atoms with Crippen LogP contribution in [-0.2, 0) is 0 Å². The number of benzene rings is 1. The molecular formula is C20H22N6. The van der Waals surface area contributed by atoms with E-state index in [-0.39, 0.29) is 0 Å². The summed E-state index contributed by atoms with van der Waals surface area (Å²) in [5, 5.41) is 11.9. The smallest absolute Gasteiger partial charge is 0.139 e. The number of fused-ring (bicyclic) bond motifs is 1. The minimum absolute atomic E-state index is 0.601. The van der Waals surface area contributed by atoms with Gasteiger partial charge in [-0.25, -0.2) is 4.98 Å². The molecule has 0 aliphatic carbocycles. The Kier molecular flexibility index (Phi) is 4.18. The quantitative estimate of drug-likeness (QED) is 0.429. The van der Waals surface area contributed by atoms with Crippen LogP contribution < -0.4 is 11.1 Å². The monoisotopic (exact) mass is 346 g/mol. The summed E-state index contributed by atoms with van der Waals surface area (Å²) in [6.45, 7) is 2.04. The molecule has 0 saturated heterocycles. The van der Waals surface area contributed by atoms with E-state index in [0.717, 1.165) is 47.6 Å². The van der Waals surface area contributed by atoms with Crippen molar-refractivity contribution in [2.24, 2.45) is 0 Å². The lowest BCUT2D eigenvalue weighted by Crippen LogP contribution is -2.23. The van der Waals surface area contributed by atoms with Crippen LogP contribution in [0.25, 0.3) is 16.6 Å². The van der Waals surface area contributed by atoms with Crippen molar-refractivity contribution in [1.29, 1.82) is 5.41 Å². The number of aromatic nitrogens is 2. The highest BCUT2D eigenvalue weighted by atomic mass is 15.1. The topological polar surface area (TPSA) is 93.8 Å². The first-order valence-electron chi connectivity index (χ1n) is 8.67. The van der Waals surface area contributed by atoms with Crippen LogP contribution in [0.5, 0.6) is 0 Å². The second-order valence-electron chi connectivity index (χ2n) is 6.66. The van der Waals surface area contributed by atoms with E-state index in [4.69, 9.17) is 11.1 Å². The molecule has 2 aromatic heterocycles. The van der Waals surface area contributed by atoms with Gasteiger partial charge in [0, 0.05) is 53.5 Å². The zero-order chi connectivity index (χ0) is 18.1. The number of nitrogen functional groups attached to an aromatic ring is 1. The molecule has 0 unspecified atom stereocenters. The second kappa shape index (κ2) is 6.65. The lowest BCUT2D eigenvalue weighted by molar-refractivity contribution is 0.370. The molecule has 0 saturated carbocycles. The molecule has 5 N–H and O–H groups in total. The van der Waals surface area contributed by atoms with Gasteiger partial charge in [0.05, 0.1) is 5.69 Å². The van der Waals surface area contributed by atoms with Crippen molar-refractivity contribution < 1.29 is 0 Å². The zero-order valence-corrected chi connectivity index (χ0v) is 14.7. The third-order valence-corrected chi connectivity index (χ3v) is 4.81. The molecule has 0 fully saturated rings. The van der Waals surface area contributed by atoms with Crippen molar-refractivity contribution in [2.75, 3.05) is 31.2 Å². The van der Waals surface area contributed by atoms with Crippen molar-refractivity contribution in [3.8, 4) is 0 Å². The number of nitrogens with two attached hydrogens (primary N) is 1. The van der Waals surface area contributed by atoms with Crippen LogP contribution in [0.1, 0.15) is 17.7 Å². The number of anilines is 3. The van der Waals surface area contributed by atoms with Gasteiger partial charge in [-0.3, -0.25) is 0 Å². The van der Waals surface area contributed by atoms with Crippen LogP contribution >= 0.6 is 0 Å². The molecule has 0 spiro atoms. The Morgan fingerprint density at radius 2 is 2.19 bits per heavy atom. The van der Waals surface area contributed by atoms with Crippen molar-refractivity contribution in [3.05, 3.63) is 53.9 Å². The van der Waals surface area contributed by atoms with Gasteiger partial charge in [-0.05, 0) is 49.4 Å². The molecule has 4 rings (SSSR count). The Bertz CT molecular complexity index is 1000. The van der Waals surface area contributed by atoms with Gasteiger partial charge in [0.15, 0.2) is 0 Å². The lowest BCUT2D eigenvalue weighted by atomic mass is 10.1. The summed E-state index contributed by atoms with van der Waals surface area (Å²) in [7, 11) is 2.14. The van der Waals surface area contributed by atoms with Crippen molar-refractivity contribution in [2.45, 2.75) is 6.42 Å². The first kappa shape index (κ1) is 16.4. The molecule has 0 atom stereocenters. The lowest BCUT2D eigenvalue weighted by Gasteiger charge is -2.21. The van der Waals surface area contributed by atoms with Gasteiger partial charge in [-0.2, -0.15) is 0 Å². The van der Waals surface area contributed by atoms with E-state index in [2.05, 4.69) is 39.4 Å². The van der Waals surface area contributed by atoms with Gasteiger partial charge in [-0.15, -0.1) is 0 Å². The van der Waals surface area contributed by atoms with Crippen LogP contribution in [0.4, 0.5) is 17.1 Å². The van der Waals surface area contributed by atoms with Crippen LogP contribution in [0.15, 0.2) is 42.6 Å². The zero-order valence-electron chi connectivity index (χ0n) is 14.7. The van der Waals surface area contributed by atoms with E-state index in [1.165, 1.54) is 11.8 Å². The number of hydrogen-bond donors (Lipinski definition) is 4. The van der Waals surface area contributed by atoms with E-state index in [1.807, 2.05) is 24.3 Å². The predicted molar refractivity (Wildman–Crippen MR) is 108 cm³/mol. The first-order valence-corrected chi connectivity index (χ1v) is 8.67. The number of nitrogens with zero attached hydrogens (tertiary/aromatic N) is 2. The Morgan fingerprint density at radius 3 is 2.96 bits per heavy atom. The maximum atomic E-state index is 7.47. The molecule has 1 aromatic carbocycles. The van der Waals surface area contributed by atoms with Gasteiger partial charge < -0.3 is 26.3 Å². The summed E-state index contributed by atoms with van der Waals surface area (Å²) in [4.78, 5) is 10.2. The molecule has 3 heterocycles. The molecule has 6 heteroatoms. The van der Waals surface area contributed by atoms with Crippen LogP contribution in [0.3, 0.4) is 0 Å². The average Bonchev–Trinajstić information content (AvgIpc) is 3.09. The van der Waals surface area contributed by atoms with Crippen LogP contribution in [0, 0.1) is 5.41 Å². The maximum Gasteiger partial charge on any atom is 0.139 e. The highest BCUT2D eigenvalue weighted by Gasteiger charge is 2.14. The maximum absolute atomic E-state index is 7.47. The minimum atomic E-state index is 0.601. The Hall–Kier alpha value is -3.12. The SMILES string of the molecule is CN1CC=C(c2cc3c(Nc4ccc(N)c(C=N)c4)ccnc3[nH]2)CC1. The normalized spacial score (nSPS) is 15.0. The summed E-state index contributed by atoms with van der Waals surface area (Å²) in [5.74, 6) is 0.